The van der Waals surface area contributed by atoms with Crippen LogP contribution in [0, 0.1) is 18.2 Å². The molecule has 4 rings (SSSR count). The van der Waals surface area contributed by atoms with Crippen LogP contribution >= 0.6 is 0 Å². The van der Waals surface area contributed by atoms with Crippen LogP contribution in [0.4, 0.5) is 14.6 Å². The highest BCUT2D eigenvalue weighted by Gasteiger charge is 2.12. The molecule has 9 heteroatoms. The van der Waals surface area contributed by atoms with Gasteiger partial charge in [-0.2, -0.15) is 5.10 Å². The van der Waals surface area contributed by atoms with E-state index in [4.69, 9.17) is 6.57 Å². The van der Waals surface area contributed by atoms with E-state index in [1.165, 1.54) is 29.2 Å². The molecule has 0 saturated carbocycles. The molecule has 1 N–H and O–H groups in total. The highest BCUT2D eigenvalue weighted by Crippen LogP contribution is 2.23. The topological polar surface area (TPSA) is 77.1 Å². The van der Waals surface area contributed by atoms with Crippen LogP contribution in [0.5, 0.6) is 0 Å². The standard InChI is InChI=1S/C22H14F2N6O/c1-25-21-18(24)10-15(13-27-21)19-7-9-30(29-19)16-6-5-14(17(23)11-16)12-28-22(31)20-4-2-3-8-26-20/h2-11,13H,12H2,(H,28,31). The van der Waals surface area contributed by atoms with Gasteiger partial charge in [-0.1, -0.05) is 18.7 Å². The fraction of sp³-hybridized carbons (Fsp3) is 0.0455. The lowest BCUT2D eigenvalue weighted by molar-refractivity contribution is 0.0945. The number of halogens is 2. The number of benzene rings is 1. The van der Waals surface area contributed by atoms with E-state index in [2.05, 4.69) is 25.2 Å². The molecule has 0 aliphatic heterocycles. The van der Waals surface area contributed by atoms with Crippen LogP contribution in [0.2, 0.25) is 0 Å². The Morgan fingerprint density at radius 1 is 1.10 bits per heavy atom. The van der Waals surface area contributed by atoms with E-state index < -0.39 is 17.5 Å². The molecule has 0 bridgehead atoms. The van der Waals surface area contributed by atoms with Gasteiger partial charge in [0.05, 0.1) is 11.4 Å². The maximum atomic E-state index is 14.6. The van der Waals surface area contributed by atoms with Crippen molar-refractivity contribution in [2.45, 2.75) is 6.54 Å². The average molecular weight is 416 g/mol. The van der Waals surface area contributed by atoms with E-state index in [9.17, 15) is 13.6 Å². The van der Waals surface area contributed by atoms with Crippen molar-refractivity contribution < 1.29 is 13.6 Å². The lowest BCUT2D eigenvalue weighted by Crippen LogP contribution is -2.24. The van der Waals surface area contributed by atoms with Crippen molar-refractivity contribution in [1.82, 2.24) is 25.1 Å². The normalized spacial score (nSPS) is 10.5. The summed E-state index contributed by atoms with van der Waals surface area (Å²) in [7, 11) is 0. The molecule has 1 aromatic carbocycles. The zero-order chi connectivity index (χ0) is 21.8. The smallest absolute Gasteiger partial charge is 0.305 e. The molecule has 0 aliphatic rings. The number of pyridine rings is 2. The molecule has 152 valence electrons. The van der Waals surface area contributed by atoms with Crippen molar-refractivity contribution in [3.63, 3.8) is 0 Å². The maximum Gasteiger partial charge on any atom is 0.305 e. The molecule has 7 nitrogen and oxygen atoms in total. The van der Waals surface area contributed by atoms with Gasteiger partial charge in [-0.15, -0.1) is 4.98 Å². The second-order valence-corrected chi connectivity index (χ2v) is 6.46. The van der Waals surface area contributed by atoms with E-state index >= 15 is 0 Å². The monoisotopic (exact) mass is 416 g/mol. The largest absolute Gasteiger partial charge is 0.358 e. The number of hydrogen-bond acceptors (Lipinski definition) is 4. The van der Waals surface area contributed by atoms with Crippen LogP contribution in [0.25, 0.3) is 21.8 Å². The number of aromatic nitrogens is 4. The van der Waals surface area contributed by atoms with Gasteiger partial charge in [0, 0.05) is 30.1 Å². The van der Waals surface area contributed by atoms with Crippen LogP contribution < -0.4 is 5.32 Å². The van der Waals surface area contributed by atoms with E-state index in [0.29, 0.717) is 22.5 Å². The molecular formula is C22H14F2N6O. The summed E-state index contributed by atoms with van der Waals surface area (Å²) >= 11 is 0. The predicted molar refractivity (Wildman–Crippen MR) is 108 cm³/mol. The Hall–Kier alpha value is -4.45. The zero-order valence-electron chi connectivity index (χ0n) is 16.0. The Bertz CT molecular complexity index is 1300. The second-order valence-electron chi connectivity index (χ2n) is 6.46. The molecule has 1 amide bonds. The van der Waals surface area contributed by atoms with Crippen molar-refractivity contribution in [2.24, 2.45) is 0 Å². The number of nitrogens with one attached hydrogen (secondary N) is 1. The lowest BCUT2D eigenvalue weighted by atomic mass is 10.2. The number of carbonyl (C=O) groups excluding carboxylic acids is 1. The number of amides is 1. The molecule has 0 spiro atoms. The Morgan fingerprint density at radius 3 is 2.68 bits per heavy atom. The van der Waals surface area contributed by atoms with Gasteiger partial charge >= 0.3 is 5.82 Å². The first-order valence-electron chi connectivity index (χ1n) is 9.12. The van der Waals surface area contributed by atoms with Gasteiger partial charge in [-0.25, -0.2) is 13.5 Å². The fourth-order valence-corrected chi connectivity index (χ4v) is 2.86. The van der Waals surface area contributed by atoms with Crippen molar-refractivity contribution >= 4 is 11.7 Å². The predicted octanol–water partition coefficient (Wildman–Crippen LogP) is 4.09. The molecule has 0 unspecified atom stereocenters. The molecule has 0 fully saturated rings. The first-order valence-corrected chi connectivity index (χ1v) is 9.12. The minimum absolute atomic E-state index is 0.00419. The van der Waals surface area contributed by atoms with Gasteiger partial charge in [0.15, 0.2) is 5.82 Å². The van der Waals surface area contributed by atoms with Gasteiger partial charge < -0.3 is 10.2 Å². The SMILES string of the molecule is [C-]#[N+]c1ncc(-c2ccn(-c3ccc(CNC(=O)c4ccccn4)c(F)c3)n2)cc1F. The summed E-state index contributed by atoms with van der Waals surface area (Å²) in [5.41, 5.74) is 1.84. The molecule has 0 saturated heterocycles. The first-order chi connectivity index (χ1) is 15.0. The third kappa shape index (κ3) is 4.28. The minimum atomic E-state index is -0.731. The zero-order valence-corrected chi connectivity index (χ0v) is 16.0. The summed E-state index contributed by atoms with van der Waals surface area (Å²) in [6, 6.07) is 12.3. The van der Waals surface area contributed by atoms with E-state index in [0.717, 1.165) is 0 Å². The van der Waals surface area contributed by atoms with E-state index in [1.54, 1.807) is 42.6 Å². The highest BCUT2D eigenvalue weighted by atomic mass is 19.1. The average Bonchev–Trinajstić information content (AvgIpc) is 3.29. The number of rotatable bonds is 5. The van der Waals surface area contributed by atoms with Gasteiger partial charge in [-0.05, 0) is 36.4 Å². The Labute approximate surface area is 175 Å². The van der Waals surface area contributed by atoms with Crippen LogP contribution in [-0.4, -0.2) is 25.7 Å². The Morgan fingerprint density at radius 2 is 1.97 bits per heavy atom. The fourth-order valence-electron chi connectivity index (χ4n) is 2.86. The minimum Gasteiger partial charge on any atom is -0.358 e. The number of nitrogens with zero attached hydrogens (tertiary/aromatic N) is 5. The third-order valence-electron chi connectivity index (χ3n) is 4.45. The molecule has 0 atom stereocenters. The number of hydrogen-bond donors (Lipinski definition) is 1. The molecule has 3 heterocycles. The first kappa shape index (κ1) is 19.8. The lowest BCUT2D eigenvalue weighted by Gasteiger charge is -2.08. The Kier molecular flexibility index (Phi) is 5.45. The maximum absolute atomic E-state index is 14.6. The van der Waals surface area contributed by atoms with Gasteiger partial charge in [0.1, 0.15) is 17.7 Å². The van der Waals surface area contributed by atoms with Crippen molar-refractivity contribution in [3.8, 4) is 16.9 Å². The summed E-state index contributed by atoms with van der Waals surface area (Å²) < 4.78 is 29.8. The van der Waals surface area contributed by atoms with Crippen LogP contribution in [0.15, 0.2) is 67.1 Å². The summed E-state index contributed by atoms with van der Waals surface area (Å²) in [5.74, 6) is -1.95. The van der Waals surface area contributed by atoms with Crippen molar-refractivity contribution in [2.75, 3.05) is 0 Å². The molecule has 3 aromatic heterocycles. The molecule has 0 aliphatic carbocycles. The van der Waals surface area contributed by atoms with Gasteiger partial charge in [0.2, 0.25) is 0 Å². The molecule has 0 radical (unpaired) electrons. The molecule has 31 heavy (non-hydrogen) atoms. The second kappa shape index (κ2) is 8.51. The van der Waals surface area contributed by atoms with E-state index in [1.807, 2.05) is 0 Å². The quantitative estimate of drug-likeness (QED) is 0.497. The Balaban J connectivity index is 1.49. The summed E-state index contributed by atoms with van der Waals surface area (Å²) in [4.78, 5) is 22.8. The van der Waals surface area contributed by atoms with Gasteiger partial charge in [-0.3, -0.25) is 9.78 Å². The summed E-state index contributed by atoms with van der Waals surface area (Å²) in [6.07, 6.45) is 4.47. The number of carbonyl (C=O) groups is 1. The molecular weight excluding hydrogens is 402 g/mol. The molecule has 4 aromatic rings. The summed E-state index contributed by atoms with van der Waals surface area (Å²) in [6.45, 7) is 6.86. The van der Waals surface area contributed by atoms with Crippen molar-refractivity contribution in [1.29, 1.82) is 0 Å². The highest BCUT2D eigenvalue weighted by molar-refractivity contribution is 5.92. The van der Waals surface area contributed by atoms with Crippen molar-refractivity contribution in [3.05, 3.63) is 101 Å². The van der Waals surface area contributed by atoms with Gasteiger partial charge in [0.25, 0.3) is 5.91 Å². The third-order valence-corrected chi connectivity index (χ3v) is 4.45. The van der Waals surface area contributed by atoms with Crippen LogP contribution in [0.1, 0.15) is 16.1 Å². The van der Waals surface area contributed by atoms with E-state index in [-0.39, 0.29) is 18.1 Å². The summed E-state index contributed by atoms with van der Waals surface area (Å²) in [5, 5.41) is 6.95. The van der Waals surface area contributed by atoms with Crippen LogP contribution in [0.3, 0.4) is 0 Å². The van der Waals surface area contributed by atoms with Crippen LogP contribution in [-0.2, 0) is 6.54 Å².